The molecule has 92 valence electrons. The van der Waals surface area contributed by atoms with E-state index in [1.807, 2.05) is 6.92 Å². The average molecular weight is 237 g/mol. The van der Waals surface area contributed by atoms with Crippen LogP contribution in [-0.4, -0.2) is 45.0 Å². The Kier molecular flexibility index (Phi) is 3.36. The summed E-state index contributed by atoms with van der Waals surface area (Å²) in [6.07, 6.45) is 1.69. The molecule has 17 heavy (non-hydrogen) atoms. The molecule has 0 saturated carbocycles. The zero-order chi connectivity index (χ0) is 12.3. The van der Waals surface area contributed by atoms with Gasteiger partial charge in [-0.1, -0.05) is 0 Å². The second-order valence-corrected chi connectivity index (χ2v) is 3.98. The lowest BCUT2D eigenvalue weighted by molar-refractivity contribution is -0.128. The van der Waals surface area contributed by atoms with E-state index in [1.54, 1.807) is 4.90 Å². The molecule has 7 heteroatoms. The van der Waals surface area contributed by atoms with Crippen molar-refractivity contribution in [3.63, 3.8) is 0 Å². The van der Waals surface area contributed by atoms with Crippen molar-refractivity contribution in [1.82, 2.24) is 25.4 Å². The van der Waals surface area contributed by atoms with E-state index in [1.165, 1.54) is 6.33 Å². The molecule has 1 aromatic heterocycles. The number of H-pyrrole nitrogens is 1. The van der Waals surface area contributed by atoms with Gasteiger partial charge in [0.1, 0.15) is 12.2 Å². The van der Waals surface area contributed by atoms with Crippen LogP contribution in [0, 0.1) is 5.92 Å². The number of aromatic nitrogens is 3. The van der Waals surface area contributed by atoms with E-state index < -0.39 is 0 Å². The molecule has 0 bridgehead atoms. The van der Waals surface area contributed by atoms with Crippen LogP contribution in [0.3, 0.4) is 0 Å². The molecule has 2 amide bonds. The average Bonchev–Trinajstić information content (AvgIpc) is 2.94. The normalized spacial score (nSPS) is 19.7. The highest BCUT2D eigenvalue weighted by Gasteiger charge is 2.33. The zero-order valence-electron chi connectivity index (χ0n) is 9.64. The first kappa shape index (κ1) is 11.6. The monoisotopic (exact) mass is 237 g/mol. The van der Waals surface area contributed by atoms with Crippen molar-refractivity contribution in [1.29, 1.82) is 0 Å². The second-order valence-electron chi connectivity index (χ2n) is 3.98. The zero-order valence-corrected chi connectivity index (χ0v) is 9.64. The van der Waals surface area contributed by atoms with Crippen LogP contribution in [-0.2, 0) is 16.1 Å². The Morgan fingerprint density at radius 3 is 3.12 bits per heavy atom. The molecule has 2 rings (SSSR count). The molecule has 7 nitrogen and oxygen atoms in total. The van der Waals surface area contributed by atoms with Crippen LogP contribution >= 0.6 is 0 Å². The molecular weight excluding hydrogens is 222 g/mol. The minimum atomic E-state index is -0.245. The van der Waals surface area contributed by atoms with Crippen LogP contribution < -0.4 is 5.32 Å². The molecule has 2 N–H and O–H groups in total. The van der Waals surface area contributed by atoms with E-state index in [0.717, 1.165) is 0 Å². The maximum absolute atomic E-state index is 11.8. The largest absolute Gasteiger partial charge is 0.349 e. The third-order valence-corrected chi connectivity index (χ3v) is 2.86. The van der Waals surface area contributed by atoms with Crippen LogP contribution in [0.2, 0.25) is 0 Å². The Morgan fingerprint density at radius 2 is 2.53 bits per heavy atom. The van der Waals surface area contributed by atoms with E-state index in [9.17, 15) is 9.59 Å². The summed E-state index contributed by atoms with van der Waals surface area (Å²) in [5.41, 5.74) is 0. The van der Waals surface area contributed by atoms with E-state index >= 15 is 0 Å². The van der Waals surface area contributed by atoms with Crippen molar-refractivity contribution in [2.75, 3.05) is 13.1 Å². The van der Waals surface area contributed by atoms with Gasteiger partial charge in [0, 0.05) is 19.5 Å². The van der Waals surface area contributed by atoms with Crippen LogP contribution in [0.25, 0.3) is 0 Å². The molecule has 1 aromatic rings. The molecular formula is C10H15N5O2. The molecule has 1 saturated heterocycles. The predicted octanol–water partition coefficient (Wildman–Crippen LogP) is -0.711. The first-order valence-electron chi connectivity index (χ1n) is 5.60. The molecule has 1 aliphatic rings. The van der Waals surface area contributed by atoms with E-state index in [0.29, 0.717) is 31.9 Å². The quantitative estimate of drug-likeness (QED) is 0.723. The summed E-state index contributed by atoms with van der Waals surface area (Å²) in [6, 6.07) is 0. The van der Waals surface area contributed by atoms with E-state index in [4.69, 9.17) is 0 Å². The Hall–Kier alpha value is -1.92. The highest BCUT2D eigenvalue weighted by Crippen LogP contribution is 2.17. The van der Waals surface area contributed by atoms with Gasteiger partial charge < -0.3 is 10.2 Å². The smallest absolute Gasteiger partial charge is 0.225 e. The summed E-state index contributed by atoms with van der Waals surface area (Å²) < 4.78 is 0. The summed E-state index contributed by atoms with van der Waals surface area (Å²) in [7, 11) is 0. The number of hydrogen-bond acceptors (Lipinski definition) is 4. The second kappa shape index (κ2) is 4.94. The summed E-state index contributed by atoms with van der Waals surface area (Å²) in [5, 5.41) is 9.08. The standard InChI is InChI=1S/C10H15N5O2/c1-2-15-5-7(3-9(15)16)10(17)11-4-8-12-6-13-14-8/h6-7H,2-5H2,1H3,(H,11,17)(H,12,13,14). The van der Waals surface area contributed by atoms with Crippen LogP contribution in [0.4, 0.5) is 0 Å². The molecule has 1 fully saturated rings. The molecule has 0 aliphatic carbocycles. The number of nitrogens with zero attached hydrogens (tertiary/aromatic N) is 3. The predicted molar refractivity (Wildman–Crippen MR) is 58.6 cm³/mol. The lowest BCUT2D eigenvalue weighted by Gasteiger charge is -2.13. The summed E-state index contributed by atoms with van der Waals surface area (Å²) in [5.74, 6) is 0.304. The molecule has 0 spiro atoms. The molecule has 0 radical (unpaired) electrons. The molecule has 1 atom stereocenters. The van der Waals surface area contributed by atoms with Gasteiger partial charge in [-0.25, -0.2) is 4.98 Å². The van der Waals surface area contributed by atoms with Crippen molar-refractivity contribution in [3.8, 4) is 0 Å². The van der Waals surface area contributed by atoms with Gasteiger partial charge in [0.2, 0.25) is 11.8 Å². The van der Waals surface area contributed by atoms with Gasteiger partial charge in [0.25, 0.3) is 0 Å². The topological polar surface area (TPSA) is 91.0 Å². The first-order valence-corrected chi connectivity index (χ1v) is 5.60. The maximum atomic E-state index is 11.8. The first-order chi connectivity index (χ1) is 8.20. The minimum absolute atomic E-state index is 0.0484. The fourth-order valence-electron chi connectivity index (χ4n) is 1.88. The number of carbonyl (C=O) groups excluding carboxylic acids is 2. The van der Waals surface area contributed by atoms with Crippen LogP contribution in [0.15, 0.2) is 6.33 Å². The van der Waals surface area contributed by atoms with Crippen LogP contribution in [0.1, 0.15) is 19.2 Å². The van der Waals surface area contributed by atoms with Crippen molar-refractivity contribution in [3.05, 3.63) is 12.2 Å². The molecule has 1 unspecified atom stereocenters. The lowest BCUT2D eigenvalue weighted by atomic mass is 10.1. The summed E-state index contributed by atoms with van der Waals surface area (Å²) >= 11 is 0. The lowest BCUT2D eigenvalue weighted by Crippen LogP contribution is -2.32. The molecule has 0 aromatic carbocycles. The van der Waals surface area contributed by atoms with Gasteiger partial charge in [0.05, 0.1) is 12.5 Å². The summed E-state index contributed by atoms with van der Waals surface area (Å²) in [6.45, 7) is 3.39. The van der Waals surface area contributed by atoms with Gasteiger partial charge in [-0.3, -0.25) is 14.7 Å². The fourth-order valence-corrected chi connectivity index (χ4v) is 1.88. The Balaban J connectivity index is 1.83. The minimum Gasteiger partial charge on any atom is -0.349 e. The highest BCUT2D eigenvalue weighted by atomic mass is 16.2. The van der Waals surface area contributed by atoms with Gasteiger partial charge in [-0.05, 0) is 6.92 Å². The number of likely N-dealkylation sites (tertiary alicyclic amines) is 1. The number of rotatable bonds is 4. The number of hydrogen-bond donors (Lipinski definition) is 2. The Morgan fingerprint density at radius 1 is 1.71 bits per heavy atom. The molecule has 2 heterocycles. The Labute approximate surface area is 98.6 Å². The molecule has 1 aliphatic heterocycles. The van der Waals surface area contributed by atoms with Crippen LogP contribution in [0.5, 0.6) is 0 Å². The van der Waals surface area contributed by atoms with E-state index in [-0.39, 0.29) is 17.7 Å². The van der Waals surface area contributed by atoms with Gasteiger partial charge in [0.15, 0.2) is 0 Å². The number of carbonyl (C=O) groups is 2. The van der Waals surface area contributed by atoms with Crippen molar-refractivity contribution < 1.29 is 9.59 Å². The third-order valence-electron chi connectivity index (χ3n) is 2.86. The van der Waals surface area contributed by atoms with E-state index in [2.05, 4.69) is 20.5 Å². The van der Waals surface area contributed by atoms with Gasteiger partial charge in [-0.2, -0.15) is 5.10 Å². The number of amides is 2. The van der Waals surface area contributed by atoms with Crippen molar-refractivity contribution in [2.45, 2.75) is 19.9 Å². The number of aromatic amines is 1. The Bertz CT molecular complexity index is 403. The summed E-state index contributed by atoms with van der Waals surface area (Å²) in [4.78, 5) is 28.9. The third kappa shape index (κ3) is 2.61. The maximum Gasteiger partial charge on any atom is 0.225 e. The van der Waals surface area contributed by atoms with Crippen molar-refractivity contribution in [2.24, 2.45) is 5.92 Å². The SMILES string of the molecule is CCN1CC(C(=O)NCc2ncn[nH]2)CC1=O. The fraction of sp³-hybridized carbons (Fsp3) is 0.600. The van der Waals surface area contributed by atoms with Gasteiger partial charge in [-0.15, -0.1) is 0 Å². The van der Waals surface area contributed by atoms with Crippen molar-refractivity contribution >= 4 is 11.8 Å². The highest BCUT2D eigenvalue weighted by molar-refractivity contribution is 5.89. The number of nitrogens with one attached hydrogen (secondary N) is 2. The van der Waals surface area contributed by atoms with Gasteiger partial charge >= 0.3 is 0 Å².